The molecule has 0 radical (unpaired) electrons. The molecule has 126 valence electrons. The summed E-state index contributed by atoms with van der Waals surface area (Å²) in [6.45, 7) is 2.24. The summed E-state index contributed by atoms with van der Waals surface area (Å²) in [5.41, 5.74) is 1.04. The van der Waals surface area contributed by atoms with Gasteiger partial charge in [0.15, 0.2) is 5.13 Å². The first-order chi connectivity index (χ1) is 11.1. The molecule has 1 heterocycles. The lowest BCUT2D eigenvalue weighted by Gasteiger charge is -2.29. The lowest BCUT2D eigenvalue weighted by atomic mass is 9.86. The lowest BCUT2D eigenvalue weighted by Crippen LogP contribution is -2.34. The number of aromatic nitrogens is 1. The van der Waals surface area contributed by atoms with E-state index in [1.165, 1.54) is 4.70 Å². The molecule has 2 N–H and O–H groups in total. The first-order valence-corrected chi connectivity index (χ1v) is 10.6. The van der Waals surface area contributed by atoms with E-state index in [1.54, 1.807) is 18.3 Å². The third-order valence-corrected chi connectivity index (χ3v) is 6.77. The van der Waals surface area contributed by atoms with E-state index in [-0.39, 0.29) is 5.75 Å². The van der Waals surface area contributed by atoms with E-state index in [2.05, 4.69) is 21.1 Å². The van der Waals surface area contributed by atoms with Gasteiger partial charge in [0, 0.05) is 12.6 Å². The molecule has 5 nitrogen and oxygen atoms in total. The Bertz CT molecular complexity index is 717. The van der Waals surface area contributed by atoms with Gasteiger partial charge in [0.1, 0.15) is 0 Å². The maximum absolute atomic E-state index is 11.5. The van der Waals surface area contributed by atoms with Gasteiger partial charge in [-0.3, -0.25) is 0 Å². The third kappa shape index (κ3) is 4.43. The molecule has 1 aliphatic carbocycles. The van der Waals surface area contributed by atoms with Crippen molar-refractivity contribution in [3.63, 3.8) is 0 Å². The van der Waals surface area contributed by atoms with E-state index in [1.807, 2.05) is 18.2 Å². The van der Waals surface area contributed by atoms with Crippen molar-refractivity contribution in [3.8, 4) is 0 Å². The van der Waals surface area contributed by atoms with Gasteiger partial charge in [0.25, 0.3) is 0 Å². The van der Waals surface area contributed by atoms with Crippen LogP contribution in [-0.2, 0) is 10.0 Å². The number of hydrogen-bond acceptors (Lipinski definition) is 5. The minimum absolute atomic E-state index is 0.154. The number of hydrogen-bond donors (Lipinski definition) is 2. The number of rotatable bonds is 6. The lowest BCUT2D eigenvalue weighted by molar-refractivity contribution is 0.337. The predicted octanol–water partition coefficient (Wildman–Crippen LogP) is 3.21. The van der Waals surface area contributed by atoms with Gasteiger partial charge >= 0.3 is 0 Å². The topological polar surface area (TPSA) is 71.1 Å². The molecule has 7 heteroatoms. The number of nitrogens with zero attached hydrogens (tertiary/aromatic N) is 1. The zero-order chi connectivity index (χ0) is 16.3. The van der Waals surface area contributed by atoms with Crippen molar-refractivity contribution >= 4 is 36.7 Å². The summed E-state index contributed by atoms with van der Waals surface area (Å²) >= 11 is 1.69. The zero-order valence-corrected chi connectivity index (χ0v) is 14.9. The van der Waals surface area contributed by atoms with Crippen LogP contribution < -0.4 is 10.0 Å². The van der Waals surface area contributed by atoms with Gasteiger partial charge in [-0.05, 0) is 50.7 Å². The number of anilines is 1. The van der Waals surface area contributed by atoms with Crippen molar-refractivity contribution in [1.82, 2.24) is 9.71 Å². The fourth-order valence-electron chi connectivity index (χ4n) is 2.97. The minimum atomic E-state index is -3.07. The SMILES string of the molecule is CCS(=O)(=O)NC[C@H]1CC[C@@H](Nc2nc3ccccc3s2)CC1. The smallest absolute Gasteiger partial charge is 0.211 e. The second kappa shape index (κ2) is 7.15. The van der Waals surface area contributed by atoms with E-state index in [4.69, 9.17) is 0 Å². The van der Waals surface area contributed by atoms with E-state index in [9.17, 15) is 8.42 Å². The van der Waals surface area contributed by atoms with Gasteiger partial charge in [-0.2, -0.15) is 0 Å². The van der Waals surface area contributed by atoms with Crippen molar-refractivity contribution in [2.45, 2.75) is 38.6 Å². The molecule has 0 atom stereocenters. The van der Waals surface area contributed by atoms with Crippen LogP contribution in [0.15, 0.2) is 24.3 Å². The van der Waals surface area contributed by atoms with E-state index in [0.717, 1.165) is 36.3 Å². The Morgan fingerprint density at radius 1 is 1.22 bits per heavy atom. The molecule has 0 saturated heterocycles. The predicted molar refractivity (Wildman–Crippen MR) is 96.5 cm³/mol. The molecule has 0 spiro atoms. The third-order valence-electron chi connectivity index (χ3n) is 4.44. The highest BCUT2D eigenvalue weighted by Gasteiger charge is 2.22. The molecule has 3 rings (SSSR count). The van der Waals surface area contributed by atoms with Crippen molar-refractivity contribution < 1.29 is 8.42 Å². The summed E-state index contributed by atoms with van der Waals surface area (Å²) in [4.78, 5) is 4.62. The molecule has 1 aromatic heterocycles. The van der Waals surface area contributed by atoms with Gasteiger partial charge in [-0.25, -0.2) is 18.1 Å². The molecule has 1 aromatic carbocycles. The van der Waals surface area contributed by atoms with Gasteiger partial charge in [-0.15, -0.1) is 0 Å². The first kappa shape index (κ1) is 16.7. The summed E-state index contributed by atoms with van der Waals surface area (Å²) in [6.07, 6.45) is 4.23. The molecule has 1 saturated carbocycles. The van der Waals surface area contributed by atoms with Crippen LogP contribution in [0.4, 0.5) is 5.13 Å². The molecular formula is C16H23N3O2S2. The number of fused-ring (bicyclic) bond motifs is 1. The van der Waals surface area contributed by atoms with Crippen molar-refractivity contribution in [1.29, 1.82) is 0 Å². The standard InChI is InChI=1S/C16H23N3O2S2/c1-2-23(20,21)17-11-12-7-9-13(10-8-12)18-16-19-14-5-3-4-6-15(14)22-16/h3-6,12-13,17H,2,7-11H2,1H3,(H,18,19)/t12-,13+. The average molecular weight is 354 g/mol. The van der Waals surface area contributed by atoms with Crippen LogP contribution in [-0.4, -0.2) is 31.7 Å². The number of thiazole rings is 1. The van der Waals surface area contributed by atoms with Crippen LogP contribution in [0.3, 0.4) is 0 Å². The second-order valence-corrected chi connectivity index (χ2v) is 9.23. The number of nitrogens with one attached hydrogen (secondary N) is 2. The van der Waals surface area contributed by atoms with Crippen LogP contribution >= 0.6 is 11.3 Å². The Labute approximate surface area is 141 Å². The highest BCUT2D eigenvalue weighted by molar-refractivity contribution is 7.89. The second-order valence-electron chi connectivity index (χ2n) is 6.10. The van der Waals surface area contributed by atoms with Gasteiger partial charge in [0.05, 0.1) is 16.0 Å². The highest BCUT2D eigenvalue weighted by Crippen LogP contribution is 2.30. The van der Waals surface area contributed by atoms with E-state index < -0.39 is 10.0 Å². The Balaban J connectivity index is 1.49. The van der Waals surface area contributed by atoms with Crippen molar-refractivity contribution in [3.05, 3.63) is 24.3 Å². The number of sulfonamides is 1. The Morgan fingerprint density at radius 2 is 1.96 bits per heavy atom. The molecule has 0 amide bonds. The molecule has 0 unspecified atom stereocenters. The Morgan fingerprint density at radius 3 is 2.65 bits per heavy atom. The maximum atomic E-state index is 11.5. The molecule has 0 aliphatic heterocycles. The largest absolute Gasteiger partial charge is 0.359 e. The van der Waals surface area contributed by atoms with Gasteiger partial charge in [0.2, 0.25) is 10.0 Å². The van der Waals surface area contributed by atoms with Crippen molar-refractivity contribution in [2.24, 2.45) is 5.92 Å². The summed E-state index contributed by atoms with van der Waals surface area (Å²) in [5, 5.41) is 4.53. The fourth-order valence-corrected chi connectivity index (χ4v) is 4.60. The minimum Gasteiger partial charge on any atom is -0.359 e. The monoisotopic (exact) mass is 353 g/mol. The normalized spacial score (nSPS) is 22.3. The van der Waals surface area contributed by atoms with E-state index >= 15 is 0 Å². The van der Waals surface area contributed by atoms with Crippen LogP contribution in [0.5, 0.6) is 0 Å². The summed E-state index contributed by atoms with van der Waals surface area (Å²) in [7, 11) is -3.07. The van der Waals surface area contributed by atoms with Crippen molar-refractivity contribution in [2.75, 3.05) is 17.6 Å². The van der Waals surface area contributed by atoms with E-state index in [0.29, 0.717) is 18.5 Å². The molecule has 0 bridgehead atoms. The Hall–Kier alpha value is -1.18. The quantitative estimate of drug-likeness (QED) is 0.836. The fraction of sp³-hybridized carbons (Fsp3) is 0.562. The van der Waals surface area contributed by atoms with Crippen LogP contribution in [0, 0.1) is 5.92 Å². The molecule has 1 fully saturated rings. The summed E-state index contributed by atoms with van der Waals surface area (Å²) in [5.74, 6) is 0.603. The Kier molecular flexibility index (Phi) is 5.18. The molecule has 23 heavy (non-hydrogen) atoms. The zero-order valence-electron chi connectivity index (χ0n) is 13.3. The van der Waals surface area contributed by atoms with Crippen LogP contribution in [0.2, 0.25) is 0 Å². The molecule has 2 aromatic rings. The average Bonchev–Trinajstić information content (AvgIpc) is 2.96. The van der Waals surface area contributed by atoms with Crippen LogP contribution in [0.1, 0.15) is 32.6 Å². The maximum Gasteiger partial charge on any atom is 0.211 e. The number of benzene rings is 1. The highest BCUT2D eigenvalue weighted by atomic mass is 32.2. The first-order valence-electron chi connectivity index (χ1n) is 8.15. The summed E-state index contributed by atoms with van der Waals surface area (Å²) in [6, 6.07) is 8.61. The summed E-state index contributed by atoms with van der Waals surface area (Å²) < 4.78 is 26.9. The van der Waals surface area contributed by atoms with Gasteiger partial charge < -0.3 is 5.32 Å². The molecule has 1 aliphatic rings. The van der Waals surface area contributed by atoms with Gasteiger partial charge in [-0.1, -0.05) is 23.5 Å². The number of para-hydroxylation sites is 1. The molecular weight excluding hydrogens is 330 g/mol. The van der Waals surface area contributed by atoms with Crippen LogP contribution in [0.25, 0.3) is 10.2 Å².